The van der Waals surface area contributed by atoms with Crippen LogP contribution in [0.1, 0.15) is 16.1 Å². The standard InChI is InChI=1S/C14H13FN4OS/c1-9-8-10(15)5-6-11(9)18-14(21)19(16)13(20)12-4-2-3-7-17-12/h2-8H,16H2,1H3,(H,18,21). The maximum Gasteiger partial charge on any atom is 0.292 e. The van der Waals surface area contributed by atoms with Gasteiger partial charge in [0, 0.05) is 11.9 Å². The number of nitrogens with one attached hydrogen (secondary N) is 1. The van der Waals surface area contributed by atoms with Gasteiger partial charge in [-0.1, -0.05) is 6.07 Å². The molecule has 0 spiro atoms. The van der Waals surface area contributed by atoms with Gasteiger partial charge in [-0.15, -0.1) is 0 Å². The first-order valence-electron chi connectivity index (χ1n) is 6.06. The Morgan fingerprint density at radius 3 is 2.76 bits per heavy atom. The van der Waals surface area contributed by atoms with E-state index in [1.807, 2.05) is 0 Å². The number of amides is 1. The van der Waals surface area contributed by atoms with E-state index in [1.54, 1.807) is 19.1 Å². The molecule has 1 aromatic heterocycles. The predicted octanol–water partition coefficient (Wildman–Crippen LogP) is 2.24. The highest BCUT2D eigenvalue weighted by molar-refractivity contribution is 7.80. The highest BCUT2D eigenvalue weighted by atomic mass is 32.1. The van der Waals surface area contributed by atoms with Crippen molar-refractivity contribution in [2.45, 2.75) is 6.92 Å². The van der Waals surface area contributed by atoms with Crippen LogP contribution in [0.3, 0.4) is 0 Å². The van der Waals surface area contributed by atoms with Gasteiger partial charge >= 0.3 is 0 Å². The van der Waals surface area contributed by atoms with Gasteiger partial charge in [0.15, 0.2) is 5.11 Å². The number of thiocarbonyl (C=S) groups is 1. The van der Waals surface area contributed by atoms with E-state index in [4.69, 9.17) is 18.1 Å². The second kappa shape index (κ2) is 6.38. The first-order valence-corrected chi connectivity index (χ1v) is 6.47. The molecule has 0 aliphatic rings. The zero-order valence-corrected chi connectivity index (χ0v) is 12.0. The molecule has 0 aliphatic heterocycles. The summed E-state index contributed by atoms with van der Waals surface area (Å²) in [5.41, 5.74) is 1.40. The largest absolute Gasteiger partial charge is 0.331 e. The number of aromatic nitrogens is 1. The molecule has 2 aromatic rings. The summed E-state index contributed by atoms with van der Waals surface area (Å²) in [7, 11) is 0. The van der Waals surface area contributed by atoms with Crippen LogP contribution in [0.4, 0.5) is 10.1 Å². The van der Waals surface area contributed by atoms with Crippen molar-refractivity contribution in [2.75, 3.05) is 5.32 Å². The highest BCUT2D eigenvalue weighted by Gasteiger charge is 2.18. The van der Waals surface area contributed by atoms with Gasteiger partial charge in [0.25, 0.3) is 5.91 Å². The number of rotatable bonds is 2. The summed E-state index contributed by atoms with van der Waals surface area (Å²) in [6.45, 7) is 1.72. The number of carbonyl (C=O) groups excluding carboxylic acids is 1. The fourth-order valence-corrected chi connectivity index (χ4v) is 1.84. The molecule has 1 amide bonds. The Kier molecular flexibility index (Phi) is 4.56. The Labute approximate surface area is 126 Å². The minimum atomic E-state index is -0.534. The van der Waals surface area contributed by atoms with Crippen molar-refractivity contribution < 1.29 is 9.18 Å². The van der Waals surface area contributed by atoms with Crippen molar-refractivity contribution >= 4 is 28.9 Å². The topological polar surface area (TPSA) is 71.2 Å². The Morgan fingerprint density at radius 2 is 2.14 bits per heavy atom. The lowest BCUT2D eigenvalue weighted by Crippen LogP contribution is -2.45. The van der Waals surface area contributed by atoms with Crippen LogP contribution in [0.15, 0.2) is 42.6 Å². The van der Waals surface area contributed by atoms with Crippen LogP contribution in [0.2, 0.25) is 0 Å². The van der Waals surface area contributed by atoms with E-state index >= 15 is 0 Å². The van der Waals surface area contributed by atoms with E-state index in [0.29, 0.717) is 11.3 Å². The van der Waals surface area contributed by atoms with E-state index in [9.17, 15) is 9.18 Å². The number of halogens is 1. The van der Waals surface area contributed by atoms with Gasteiger partial charge in [0.1, 0.15) is 11.5 Å². The number of hydrogen-bond acceptors (Lipinski definition) is 4. The Bertz CT molecular complexity index is 678. The first-order chi connectivity index (χ1) is 9.99. The van der Waals surface area contributed by atoms with Gasteiger partial charge in [-0.2, -0.15) is 0 Å². The number of hydrogen-bond donors (Lipinski definition) is 2. The van der Waals surface area contributed by atoms with Gasteiger partial charge in [-0.3, -0.25) is 9.78 Å². The normalized spacial score (nSPS) is 10.0. The lowest BCUT2D eigenvalue weighted by Gasteiger charge is -2.19. The monoisotopic (exact) mass is 304 g/mol. The summed E-state index contributed by atoms with van der Waals surface area (Å²) in [5.74, 6) is 4.80. The second-order valence-corrected chi connectivity index (χ2v) is 4.67. The molecule has 0 unspecified atom stereocenters. The third-order valence-corrected chi connectivity index (χ3v) is 3.05. The van der Waals surface area contributed by atoms with E-state index in [-0.39, 0.29) is 16.6 Å². The molecule has 21 heavy (non-hydrogen) atoms. The molecule has 3 N–H and O–H groups in total. The average Bonchev–Trinajstić information content (AvgIpc) is 2.49. The maximum absolute atomic E-state index is 13.0. The minimum Gasteiger partial charge on any atom is -0.331 e. The molecule has 1 aromatic carbocycles. The predicted molar refractivity (Wildman–Crippen MR) is 82.0 cm³/mol. The number of aryl methyl sites for hydroxylation is 1. The Morgan fingerprint density at radius 1 is 1.38 bits per heavy atom. The van der Waals surface area contributed by atoms with Crippen molar-refractivity contribution in [3.8, 4) is 0 Å². The van der Waals surface area contributed by atoms with Crippen LogP contribution in [0.5, 0.6) is 0 Å². The van der Waals surface area contributed by atoms with Crippen LogP contribution in [-0.2, 0) is 0 Å². The maximum atomic E-state index is 13.0. The van der Waals surface area contributed by atoms with Crippen LogP contribution in [-0.4, -0.2) is 21.0 Å². The summed E-state index contributed by atoms with van der Waals surface area (Å²) >= 11 is 5.07. The lowest BCUT2D eigenvalue weighted by molar-refractivity contribution is 0.0844. The van der Waals surface area contributed by atoms with Crippen molar-refractivity contribution in [1.82, 2.24) is 9.99 Å². The van der Waals surface area contributed by atoms with E-state index < -0.39 is 5.91 Å². The molecule has 108 valence electrons. The van der Waals surface area contributed by atoms with Crippen molar-refractivity contribution in [2.24, 2.45) is 5.84 Å². The van der Waals surface area contributed by atoms with E-state index in [2.05, 4.69) is 10.3 Å². The number of anilines is 1. The summed E-state index contributed by atoms with van der Waals surface area (Å²) < 4.78 is 13.0. The van der Waals surface area contributed by atoms with Gasteiger partial charge in [0.05, 0.1) is 0 Å². The molecule has 0 radical (unpaired) electrons. The quantitative estimate of drug-likeness (QED) is 0.385. The molecule has 2 rings (SSSR count). The SMILES string of the molecule is Cc1cc(F)ccc1NC(=S)N(N)C(=O)c1ccccn1. The van der Waals surface area contributed by atoms with Crippen LogP contribution < -0.4 is 11.2 Å². The van der Waals surface area contributed by atoms with Gasteiger partial charge in [-0.25, -0.2) is 15.2 Å². The zero-order chi connectivity index (χ0) is 15.4. The third-order valence-electron chi connectivity index (χ3n) is 2.75. The highest BCUT2D eigenvalue weighted by Crippen LogP contribution is 2.16. The summed E-state index contributed by atoms with van der Waals surface area (Å²) in [4.78, 5) is 16.0. The summed E-state index contributed by atoms with van der Waals surface area (Å²) in [6.07, 6.45) is 1.49. The number of nitrogens with zero attached hydrogens (tertiary/aromatic N) is 2. The van der Waals surface area contributed by atoms with Crippen molar-refractivity contribution in [1.29, 1.82) is 0 Å². The lowest BCUT2D eigenvalue weighted by atomic mass is 10.2. The summed E-state index contributed by atoms with van der Waals surface area (Å²) in [5, 5.41) is 3.60. The third kappa shape index (κ3) is 3.59. The zero-order valence-electron chi connectivity index (χ0n) is 11.2. The fourth-order valence-electron chi connectivity index (χ4n) is 1.65. The molecule has 5 nitrogen and oxygen atoms in total. The molecule has 0 atom stereocenters. The fraction of sp³-hybridized carbons (Fsp3) is 0.0714. The molecule has 0 bridgehead atoms. The number of hydrazine groups is 1. The molecular formula is C14H13FN4OS. The molecule has 1 heterocycles. The molecular weight excluding hydrogens is 291 g/mol. The van der Waals surface area contributed by atoms with Crippen LogP contribution in [0, 0.1) is 12.7 Å². The summed E-state index contributed by atoms with van der Waals surface area (Å²) in [6, 6.07) is 9.07. The van der Waals surface area contributed by atoms with Gasteiger partial charge in [0.2, 0.25) is 0 Å². The Balaban J connectivity index is 2.11. The minimum absolute atomic E-state index is 0.000334. The van der Waals surface area contributed by atoms with E-state index in [0.717, 1.165) is 5.01 Å². The van der Waals surface area contributed by atoms with Gasteiger partial charge < -0.3 is 5.32 Å². The van der Waals surface area contributed by atoms with Crippen LogP contribution in [0.25, 0.3) is 0 Å². The molecule has 0 saturated heterocycles. The molecule has 0 fully saturated rings. The molecule has 0 aliphatic carbocycles. The first kappa shape index (κ1) is 15.0. The number of benzene rings is 1. The van der Waals surface area contributed by atoms with E-state index in [1.165, 1.54) is 30.5 Å². The van der Waals surface area contributed by atoms with Crippen LogP contribution >= 0.6 is 12.2 Å². The Hall–Kier alpha value is -2.38. The number of nitrogens with two attached hydrogens (primary N) is 1. The number of carbonyl (C=O) groups is 1. The van der Waals surface area contributed by atoms with Gasteiger partial charge in [-0.05, 0) is 55.0 Å². The van der Waals surface area contributed by atoms with Crippen molar-refractivity contribution in [3.63, 3.8) is 0 Å². The molecule has 0 saturated carbocycles. The number of pyridine rings is 1. The smallest absolute Gasteiger partial charge is 0.292 e. The molecule has 7 heteroatoms. The van der Waals surface area contributed by atoms with Crippen molar-refractivity contribution in [3.05, 3.63) is 59.7 Å². The second-order valence-electron chi connectivity index (χ2n) is 4.28. The average molecular weight is 304 g/mol.